The number of carbonyl (C=O) groups is 1. The predicted octanol–water partition coefficient (Wildman–Crippen LogP) is 4.60. The van der Waals surface area contributed by atoms with Gasteiger partial charge in [0.25, 0.3) is 0 Å². The quantitative estimate of drug-likeness (QED) is 0.465. The number of fused-ring (bicyclic) bond motifs is 1. The van der Waals surface area contributed by atoms with Gasteiger partial charge >= 0.3 is 176 Å². The van der Waals surface area contributed by atoms with E-state index in [1.54, 1.807) is 3.56 Å². The molecule has 0 aliphatic heterocycles. The molecule has 29 heavy (non-hydrogen) atoms. The molecule has 1 aromatic heterocycles. The van der Waals surface area contributed by atoms with Crippen molar-refractivity contribution in [3.8, 4) is 5.69 Å². The molecule has 4 nitrogen and oxygen atoms in total. The number of nitrogens with one attached hydrogen (secondary N) is 1. The van der Waals surface area contributed by atoms with Crippen LogP contribution in [0.2, 0.25) is 0 Å². The Hall–Kier alpha value is -2.88. The van der Waals surface area contributed by atoms with Crippen molar-refractivity contribution >= 4 is 36.0 Å². The number of benzene rings is 3. The number of nitrogens with zero attached hydrogens (tertiary/aromatic N) is 1. The van der Waals surface area contributed by atoms with Crippen LogP contribution in [0.5, 0.6) is 0 Å². The number of para-hydroxylation sites is 2. The number of hydrogen-bond donors (Lipinski definition) is 1. The van der Waals surface area contributed by atoms with Gasteiger partial charge in [0.05, 0.1) is 0 Å². The van der Waals surface area contributed by atoms with Crippen LogP contribution >= 0.6 is 0 Å². The van der Waals surface area contributed by atoms with Crippen molar-refractivity contribution in [3.63, 3.8) is 0 Å². The molecule has 0 saturated heterocycles. The molecule has 1 heterocycles. The maximum absolute atomic E-state index is 13.2. The van der Waals surface area contributed by atoms with Crippen LogP contribution in [0.4, 0.5) is 5.69 Å². The number of hydrogen-bond acceptors (Lipinski definition) is 2. The number of rotatable bonds is 3. The summed E-state index contributed by atoms with van der Waals surface area (Å²) < 4.78 is 2.64. The maximum atomic E-state index is 13.2. The van der Waals surface area contributed by atoms with Crippen molar-refractivity contribution in [1.82, 2.24) is 3.56 Å². The second-order valence-corrected chi connectivity index (χ2v) is 10.0. The van der Waals surface area contributed by atoms with Gasteiger partial charge in [-0.05, 0) is 0 Å². The third-order valence-corrected chi connectivity index (χ3v) is 7.30. The van der Waals surface area contributed by atoms with Crippen molar-refractivity contribution in [2.45, 2.75) is 26.2 Å². The summed E-state index contributed by atoms with van der Waals surface area (Å²) in [6.07, 6.45) is 0. The van der Waals surface area contributed by atoms with Gasteiger partial charge in [0.2, 0.25) is 0 Å². The van der Waals surface area contributed by atoms with Crippen molar-refractivity contribution in [3.05, 3.63) is 94.3 Å². The SMILES string of the molecule is CC(C)(C)c1cc(C(=O)Nc2ccccc2)c2[se]n(-c3ccccc3)c(=O)c2c1. The predicted molar refractivity (Wildman–Crippen MR) is 120 cm³/mol. The molecular formula is C24H22N2O2Se. The van der Waals surface area contributed by atoms with Gasteiger partial charge in [-0.2, -0.15) is 0 Å². The fraction of sp³-hybridized carbons (Fsp3) is 0.167. The van der Waals surface area contributed by atoms with Crippen molar-refractivity contribution in [2.24, 2.45) is 0 Å². The van der Waals surface area contributed by atoms with Crippen LogP contribution in [0.15, 0.2) is 77.6 Å². The zero-order valence-corrected chi connectivity index (χ0v) is 18.3. The molecule has 0 bridgehead atoms. The minimum atomic E-state index is -0.298. The Kier molecular flexibility index (Phi) is 5.03. The van der Waals surface area contributed by atoms with E-state index in [9.17, 15) is 9.59 Å². The molecule has 0 radical (unpaired) electrons. The molecule has 0 aliphatic carbocycles. The van der Waals surface area contributed by atoms with Gasteiger partial charge in [-0.3, -0.25) is 0 Å². The van der Waals surface area contributed by atoms with Crippen molar-refractivity contribution in [2.75, 3.05) is 5.32 Å². The summed E-state index contributed by atoms with van der Waals surface area (Å²) in [4.78, 5) is 26.4. The molecule has 0 unspecified atom stereocenters. The first kappa shape index (κ1) is 19.4. The molecule has 0 aliphatic rings. The first-order valence-electron chi connectivity index (χ1n) is 9.47. The summed E-state index contributed by atoms with van der Waals surface area (Å²) in [5, 5.41) is 3.62. The van der Waals surface area contributed by atoms with E-state index in [0.29, 0.717) is 10.9 Å². The van der Waals surface area contributed by atoms with Crippen LogP contribution in [-0.2, 0) is 5.41 Å². The summed E-state index contributed by atoms with van der Waals surface area (Å²) in [7, 11) is 0. The van der Waals surface area contributed by atoms with Crippen molar-refractivity contribution in [1.29, 1.82) is 0 Å². The second kappa shape index (κ2) is 7.51. The molecule has 0 spiro atoms. The molecule has 0 atom stereocenters. The van der Waals surface area contributed by atoms with Gasteiger partial charge in [0, 0.05) is 0 Å². The van der Waals surface area contributed by atoms with E-state index in [-0.39, 0.29) is 31.6 Å². The van der Waals surface area contributed by atoms with E-state index in [4.69, 9.17) is 0 Å². The standard InChI is InChI=1S/C24H22N2O2Se/c1-24(2,3)16-14-19(22(27)25-17-10-6-4-7-11-17)21-20(15-16)23(28)26(29-21)18-12-8-5-9-13-18/h4-15H,1-3H3,(H,25,27). The van der Waals surface area contributed by atoms with Crippen LogP contribution in [0.25, 0.3) is 15.3 Å². The molecule has 4 aromatic rings. The second-order valence-electron chi connectivity index (χ2n) is 8.00. The average molecular weight is 449 g/mol. The van der Waals surface area contributed by atoms with E-state index >= 15 is 0 Å². The molecule has 4 rings (SSSR count). The monoisotopic (exact) mass is 450 g/mol. The summed E-state index contributed by atoms with van der Waals surface area (Å²) in [5.74, 6) is -0.178. The number of aromatic nitrogens is 1. The van der Waals surface area contributed by atoms with Gasteiger partial charge in [-0.15, -0.1) is 0 Å². The molecular weight excluding hydrogens is 427 g/mol. The molecule has 1 N–H and O–H groups in total. The van der Waals surface area contributed by atoms with E-state index < -0.39 is 0 Å². The van der Waals surface area contributed by atoms with E-state index in [0.717, 1.165) is 21.2 Å². The molecule has 146 valence electrons. The topological polar surface area (TPSA) is 51.1 Å². The van der Waals surface area contributed by atoms with Crippen molar-refractivity contribution < 1.29 is 4.79 Å². The average Bonchev–Trinajstić information content (AvgIpc) is 3.05. The van der Waals surface area contributed by atoms with E-state index in [1.807, 2.05) is 72.8 Å². The summed E-state index contributed by atoms with van der Waals surface area (Å²) in [6.45, 7) is 6.27. The fourth-order valence-electron chi connectivity index (χ4n) is 3.18. The van der Waals surface area contributed by atoms with E-state index in [1.165, 1.54) is 0 Å². The van der Waals surface area contributed by atoms with Gasteiger partial charge in [-0.25, -0.2) is 0 Å². The summed E-state index contributed by atoms with van der Waals surface area (Å²) in [6, 6.07) is 22.9. The molecule has 3 aromatic carbocycles. The van der Waals surface area contributed by atoms with Gasteiger partial charge in [0.15, 0.2) is 0 Å². The van der Waals surface area contributed by atoms with Crippen LogP contribution in [0.1, 0.15) is 36.7 Å². The molecule has 5 heteroatoms. The number of amides is 1. The van der Waals surface area contributed by atoms with Crippen LogP contribution in [0, 0.1) is 0 Å². The van der Waals surface area contributed by atoms with Crippen LogP contribution in [0.3, 0.4) is 0 Å². The van der Waals surface area contributed by atoms with E-state index in [2.05, 4.69) is 26.1 Å². The Labute approximate surface area is 175 Å². The molecule has 0 saturated carbocycles. The summed E-state index contributed by atoms with van der Waals surface area (Å²) in [5.41, 5.74) is 2.96. The minimum absolute atomic E-state index is 0.0361. The Morgan fingerprint density at radius 1 is 0.931 bits per heavy atom. The Balaban J connectivity index is 1.92. The number of anilines is 1. The first-order chi connectivity index (χ1) is 13.8. The normalized spacial score (nSPS) is 11.6. The zero-order valence-electron chi connectivity index (χ0n) is 16.6. The summed E-state index contributed by atoms with van der Waals surface area (Å²) >= 11 is -0.298. The fourth-order valence-corrected chi connectivity index (χ4v) is 5.46. The first-order valence-corrected chi connectivity index (χ1v) is 11.1. The van der Waals surface area contributed by atoms with Gasteiger partial charge in [-0.1, -0.05) is 0 Å². The molecule has 0 fully saturated rings. The molecule has 1 amide bonds. The Bertz CT molecular complexity index is 1230. The van der Waals surface area contributed by atoms with Crippen LogP contribution in [-0.4, -0.2) is 24.2 Å². The Morgan fingerprint density at radius 2 is 1.55 bits per heavy atom. The third-order valence-electron chi connectivity index (χ3n) is 4.82. The number of carbonyl (C=O) groups excluding carboxylic acids is 1. The zero-order chi connectivity index (χ0) is 20.6. The Morgan fingerprint density at radius 3 is 2.17 bits per heavy atom. The third kappa shape index (κ3) is 3.84. The van der Waals surface area contributed by atoms with Gasteiger partial charge < -0.3 is 0 Å². The van der Waals surface area contributed by atoms with Gasteiger partial charge in [0.1, 0.15) is 0 Å². The van der Waals surface area contributed by atoms with Crippen LogP contribution < -0.4 is 10.9 Å².